The summed E-state index contributed by atoms with van der Waals surface area (Å²) in [6, 6.07) is 19.3. The van der Waals surface area contributed by atoms with Gasteiger partial charge in [-0.2, -0.15) is 0 Å². The normalized spacial score (nSPS) is 11.8. The highest BCUT2D eigenvalue weighted by molar-refractivity contribution is 6.01. The molecule has 4 rings (SSSR count). The molecule has 0 saturated heterocycles. The van der Waals surface area contributed by atoms with E-state index in [-0.39, 0.29) is 5.82 Å². The van der Waals surface area contributed by atoms with E-state index < -0.39 is 12.2 Å². The Morgan fingerprint density at radius 3 is 2.75 bits per heavy atom. The molecule has 2 aromatic carbocycles. The van der Waals surface area contributed by atoms with Gasteiger partial charge >= 0.3 is 0 Å². The number of aliphatic hydroxyl groups is 1. The maximum absolute atomic E-state index is 12.7. The van der Waals surface area contributed by atoms with Gasteiger partial charge in [-0.15, -0.1) is 10.2 Å². The van der Waals surface area contributed by atoms with Crippen LogP contribution in [0.15, 0.2) is 66.9 Å². The van der Waals surface area contributed by atoms with Gasteiger partial charge in [0.2, 0.25) is 5.82 Å². The number of amides is 1. The van der Waals surface area contributed by atoms with Gasteiger partial charge in [0.1, 0.15) is 17.4 Å². The molecule has 0 aliphatic rings. The second-order valence-electron chi connectivity index (χ2n) is 8.19. The van der Waals surface area contributed by atoms with Gasteiger partial charge in [0, 0.05) is 25.6 Å². The summed E-state index contributed by atoms with van der Waals surface area (Å²) < 4.78 is 10.9. The Morgan fingerprint density at radius 2 is 1.94 bits per heavy atom. The van der Waals surface area contributed by atoms with Crippen LogP contribution in [0.2, 0.25) is 0 Å². The molecule has 0 spiro atoms. The summed E-state index contributed by atoms with van der Waals surface area (Å²) in [5.41, 5.74) is 3.93. The molecule has 0 aliphatic heterocycles. The molecule has 0 radical (unpaired) electrons. The lowest BCUT2D eigenvalue weighted by atomic mass is 10.0. The number of aryl methyl sites for hydroxylation is 1. The number of hydrogen-bond donors (Lipinski definition) is 3. The number of nitrogens with one attached hydrogen (secondary N) is 2. The highest BCUT2D eigenvalue weighted by Gasteiger charge is 2.14. The van der Waals surface area contributed by atoms with Crippen LogP contribution in [0.25, 0.3) is 11.1 Å². The minimum atomic E-state index is -0.843. The van der Waals surface area contributed by atoms with Crippen molar-refractivity contribution in [2.75, 3.05) is 18.5 Å². The Hall–Kier alpha value is -4.08. The second kappa shape index (κ2) is 12.1. The molecule has 2 aromatic heterocycles. The molecule has 1 atom stereocenters. The molecule has 9 nitrogen and oxygen atoms in total. The SMILES string of the molecule is CCOC(O)CCOc1ccc(C)c(-c2ccnc(NC(=O)c3nnc(Cc4ccccc4)[nH]3)c2)c1. The number of aromatic nitrogens is 4. The Balaban J connectivity index is 1.42. The van der Waals surface area contributed by atoms with Crippen molar-refractivity contribution >= 4 is 11.7 Å². The Bertz CT molecular complexity index is 1290. The lowest BCUT2D eigenvalue weighted by Crippen LogP contribution is -2.15. The Morgan fingerprint density at radius 1 is 1.11 bits per heavy atom. The van der Waals surface area contributed by atoms with Crippen LogP contribution in [0.1, 0.15) is 40.9 Å². The van der Waals surface area contributed by atoms with Gasteiger partial charge in [-0.3, -0.25) is 4.79 Å². The van der Waals surface area contributed by atoms with Gasteiger partial charge in [0.25, 0.3) is 5.91 Å². The average Bonchev–Trinajstić information content (AvgIpc) is 3.35. The summed E-state index contributed by atoms with van der Waals surface area (Å²) in [5.74, 6) is 1.37. The number of nitrogens with zero attached hydrogens (tertiary/aromatic N) is 3. The quantitative estimate of drug-likeness (QED) is 0.272. The average molecular weight is 488 g/mol. The molecule has 0 saturated carbocycles. The third kappa shape index (κ3) is 6.74. The summed E-state index contributed by atoms with van der Waals surface area (Å²) in [5, 5.41) is 20.5. The summed E-state index contributed by atoms with van der Waals surface area (Å²) in [4.78, 5) is 20.0. The summed E-state index contributed by atoms with van der Waals surface area (Å²) >= 11 is 0. The van der Waals surface area contributed by atoms with E-state index in [0.717, 1.165) is 22.3 Å². The fourth-order valence-electron chi connectivity index (χ4n) is 3.67. The van der Waals surface area contributed by atoms with Crippen molar-refractivity contribution in [1.82, 2.24) is 20.2 Å². The number of hydrogen-bond acceptors (Lipinski definition) is 7. The van der Waals surface area contributed by atoms with E-state index in [2.05, 4.69) is 25.5 Å². The van der Waals surface area contributed by atoms with E-state index in [9.17, 15) is 9.90 Å². The molecule has 1 amide bonds. The van der Waals surface area contributed by atoms with Crippen molar-refractivity contribution in [2.45, 2.75) is 33.0 Å². The molecule has 4 aromatic rings. The lowest BCUT2D eigenvalue weighted by Gasteiger charge is -2.13. The number of pyridine rings is 1. The number of benzene rings is 2. The number of aliphatic hydroxyl groups excluding tert-OH is 1. The van der Waals surface area contributed by atoms with Gasteiger partial charge in [0.15, 0.2) is 6.29 Å². The largest absolute Gasteiger partial charge is 0.493 e. The van der Waals surface area contributed by atoms with Crippen molar-refractivity contribution in [2.24, 2.45) is 0 Å². The molecule has 1 unspecified atom stereocenters. The number of H-pyrrole nitrogens is 1. The first-order valence-corrected chi connectivity index (χ1v) is 11.8. The van der Waals surface area contributed by atoms with E-state index in [1.54, 1.807) is 12.3 Å². The summed E-state index contributed by atoms with van der Waals surface area (Å²) in [6.07, 6.45) is 1.72. The maximum Gasteiger partial charge on any atom is 0.294 e. The number of rotatable bonds is 11. The molecule has 36 heavy (non-hydrogen) atoms. The third-order valence-electron chi connectivity index (χ3n) is 5.48. The standard InChI is InChI=1S/C27H29N5O4/c1-3-35-25(33)12-14-36-21-10-9-18(2)22(17-21)20-11-13-28-23(16-20)30-27(34)26-29-24(31-32-26)15-19-7-5-4-6-8-19/h4-11,13,16-17,25,33H,3,12,14-15H2,1-2H3,(H,28,30,34)(H,29,31,32). The number of carbonyl (C=O) groups is 1. The van der Waals surface area contributed by atoms with Gasteiger partial charge < -0.3 is 24.9 Å². The molecule has 0 aliphatic carbocycles. The zero-order chi connectivity index (χ0) is 25.3. The maximum atomic E-state index is 12.7. The van der Waals surface area contributed by atoms with Crippen molar-refractivity contribution in [1.29, 1.82) is 0 Å². The van der Waals surface area contributed by atoms with E-state index in [4.69, 9.17) is 9.47 Å². The minimum absolute atomic E-state index is 0.119. The van der Waals surface area contributed by atoms with Gasteiger partial charge in [-0.05, 0) is 60.4 Å². The van der Waals surface area contributed by atoms with Crippen LogP contribution in [0.3, 0.4) is 0 Å². The lowest BCUT2D eigenvalue weighted by molar-refractivity contribution is -0.103. The van der Waals surface area contributed by atoms with Crippen LogP contribution >= 0.6 is 0 Å². The van der Waals surface area contributed by atoms with Gasteiger partial charge in [-0.1, -0.05) is 36.4 Å². The topological polar surface area (TPSA) is 122 Å². The fourth-order valence-corrected chi connectivity index (χ4v) is 3.67. The van der Waals surface area contributed by atoms with Gasteiger partial charge in [-0.25, -0.2) is 4.98 Å². The number of aromatic amines is 1. The Kier molecular flexibility index (Phi) is 8.38. The molecular weight excluding hydrogens is 458 g/mol. The molecule has 2 heterocycles. The highest BCUT2D eigenvalue weighted by Crippen LogP contribution is 2.29. The third-order valence-corrected chi connectivity index (χ3v) is 5.48. The van der Waals surface area contributed by atoms with Crippen LogP contribution in [0, 0.1) is 6.92 Å². The molecule has 186 valence electrons. The first kappa shape index (κ1) is 25.0. The van der Waals surface area contributed by atoms with Crippen molar-refractivity contribution < 1.29 is 19.4 Å². The summed E-state index contributed by atoms with van der Waals surface area (Å²) in [7, 11) is 0. The number of carbonyl (C=O) groups excluding carboxylic acids is 1. The second-order valence-corrected chi connectivity index (χ2v) is 8.19. The molecule has 0 bridgehead atoms. The monoisotopic (exact) mass is 487 g/mol. The van der Waals surface area contributed by atoms with E-state index in [1.165, 1.54) is 0 Å². The minimum Gasteiger partial charge on any atom is -0.493 e. The highest BCUT2D eigenvalue weighted by atomic mass is 16.6. The van der Waals surface area contributed by atoms with Crippen molar-refractivity contribution in [3.8, 4) is 16.9 Å². The number of ether oxygens (including phenoxy) is 2. The number of anilines is 1. The van der Waals surface area contributed by atoms with Crippen LogP contribution in [-0.4, -0.2) is 50.7 Å². The smallest absolute Gasteiger partial charge is 0.294 e. The molecule has 9 heteroatoms. The van der Waals surface area contributed by atoms with Crippen LogP contribution in [0.4, 0.5) is 5.82 Å². The predicted octanol–water partition coefficient (Wildman–Crippen LogP) is 4.14. The van der Waals surface area contributed by atoms with Gasteiger partial charge in [0.05, 0.1) is 6.61 Å². The van der Waals surface area contributed by atoms with Crippen molar-refractivity contribution in [3.05, 3.63) is 89.6 Å². The van der Waals surface area contributed by atoms with Crippen LogP contribution in [-0.2, 0) is 11.2 Å². The molecule has 0 fully saturated rings. The van der Waals surface area contributed by atoms with Crippen molar-refractivity contribution in [3.63, 3.8) is 0 Å². The molecular formula is C27H29N5O4. The first-order chi connectivity index (χ1) is 17.5. The zero-order valence-electron chi connectivity index (χ0n) is 20.3. The summed E-state index contributed by atoms with van der Waals surface area (Å²) in [6.45, 7) is 4.60. The first-order valence-electron chi connectivity index (χ1n) is 11.8. The fraction of sp³-hybridized carbons (Fsp3) is 0.259. The van der Waals surface area contributed by atoms with E-state index >= 15 is 0 Å². The Labute approximate surface area is 209 Å². The van der Waals surface area contributed by atoms with Crippen LogP contribution in [0.5, 0.6) is 5.75 Å². The van der Waals surface area contributed by atoms with E-state index in [0.29, 0.717) is 43.4 Å². The predicted molar refractivity (Wildman–Crippen MR) is 136 cm³/mol. The zero-order valence-corrected chi connectivity index (χ0v) is 20.3. The molecule has 3 N–H and O–H groups in total. The van der Waals surface area contributed by atoms with E-state index in [1.807, 2.05) is 68.4 Å². The van der Waals surface area contributed by atoms with Crippen LogP contribution < -0.4 is 10.1 Å².